The van der Waals surface area contributed by atoms with Crippen LogP contribution < -0.4 is 0 Å². The summed E-state index contributed by atoms with van der Waals surface area (Å²) in [5, 5.41) is 14.1. The third-order valence-electron chi connectivity index (χ3n) is 6.50. The number of rotatable bonds is 6. The highest BCUT2D eigenvalue weighted by Crippen LogP contribution is 2.28. The average molecular weight is 478 g/mol. The van der Waals surface area contributed by atoms with Gasteiger partial charge in [-0.2, -0.15) is 9.65 Å². The summed E-state index contributed by atoms with van der Waals surface area (Å²) in [5.74, 6) is 0. The smallest absolute Gasteiger partial charge is 0.244 e. The maximum Gasteiger partial charge on any atom is 0.244 e. The van der Waals surface area contributed by atoms with Crippen molar-refractivity contribution in [3.05, 3.63) is 72.7 Å². The van der Waals surface area contributed by atoms with Crippen LogP contribution in [0.25, 0.3) is 27.9 Å². The molecular weight excluding hydrogens is 448 g/mol. The second kappa shape index (κ2) is 9.38. The molecule has 1 atom stereocenters. The molecule has 1 aliphatic rings. The second-order valence-corrected chi connectivity index (χ2v) is 11.1. The summed E-state index contributed by atoms with van der Waals surface area (Å²) in [6.07, 6.45) is 9.46. The molecule has 3 heterocycles. The zero-order valence-corrected chi connectivity index (χ0v) is 20.0. The van der Waals surface area contributed by atoms with Crippen molar-refractivity contribution in [1.29, 1.82) is 0 Å². The van der Waals surface area contributed by atoms with Crippen molar-refractivity contribution in [1.82, 2.24) is 19.5 Å². The first-order chi connectivity index (χ1) is 16.4. The van der Waals surface area contributed by atoms with Crippen molar-refractivity contribution >= 4 is 15.9 Å². The zero-order chi connectivity index (χ0) is 23.7. The van der Waals surface area contributed by atoms with E-state index in [1.165, 1.54) is 11.8 Å². The Morgan fingerprint density at radius 2 is 1.79 bits per heavy atom. The molecule has 34 heavy (non-hydrogen) atoms. The van der Waals surface area contributed by atoms with Crippen LogP contribution in [-0.4, -0.2) is 61.2 Å². The summed E-state index contributed by atoms with van der Waals surface area (Å²) >= 11 is 0. The molecule has 0 spiro atoms. The molecule has 2 aromatic carbocycles. The van der Waals surface area contributed by atoms with Crippen LogP contribution in [0.5, 0.6) is 0 Å². The highest BCUT2D eigenvalue weighted by Gasteiger charge is 2.22. The highest BCUT2D eigenvalue weighted by molar-refractivity contribution is 7.97. The van der Waals surface area contributed by atoms with Gasteiger partial charge in [0, 0.05) is 49.2 Å². The molecule has 0 aliphatic carbocycles. The van der Waals surface area contributed by atoms with Crippen molar-refractivity contribution in [2.75, 3.05) is 25.9 Å². The van der Waals surface area contributed by atoms with E-state index >= 15 is 0 Å². The fraction of sp³-hybridized carbons (Fsp3) is 0.308. The number of hydrogen-bond acceptors (Lipinski definition) is 5. The summed E-state index contributed by atoms with van der Waals surface area (Å²) in [6.45, 7) is 2.96. The number of nitrogens with zero attached hydrogens (tertiary/aromatic N) is 4. The van der Waals surface area contributed by atoms with Gasteiger partial charge in [0.2, 0.25) is 10.2 Å². The zero-order valence-electron chi connectivity index (χ0n) is 19.2. The topological polar surface area (TPSA) is 91.0 Å². The van der Waals surface area contributed by atoms with E-state index in [2.05, 4.69) is 39.2 Å². The van der Waals surface area contributed by atoms with Crippen LogP contribution in [-0.2, 0) is 20.8 Å². The van der Waals surface area contributed by atoms with Crippen molar-refractivity contribution < 1.29 is 13.9 Å². The van der Waals surface area contributed by atoms with E-state index in [9.17, 15) is 13.9 Å². The third-order valence-corrected chi connectivity index (χ3v) is 7.63. The lowest BCUT2D eigenvalue weighted by Crippen LogP contribution is -2.37. The van der Waals surface area contributed by atoms with Crippen molar-refractivity contribution in [3.8, 4) is 22.3 Å². The van der Waals surface area contributed by atoms with Crippen LogP contribution in [0.1, 0.15) is 18.4 Å². The van der Waals surface area contributed by atoms with Gasteiger partial charge in [0.15, 0.2) is 10.5 Å². The number of fused-ring (bicyclic) bond motifs is 1. The van der Waals surface area contributed by atoms with Gasteiger partial charge in [-0.1, -0.05) is 40.6 Å². The SMILES string of the molecule is C[S+](=O)(O)c1cccc(-c2cnn3cc(-c4ccc(CCN5CCC(O)CC5)cc4)cnc23)c1. The van der Waals surface area contributed by atoms with E-state index in [1.54, 1.807) is 28.9 Å². The molecule has 4 aromatic rings. The van der Waals surface area contributed by atoms with Gasteiger partial charge in [-0.15, -0.1) is 0 Å². The molecule has 176 valence electrons. The quantitative estimate of drug-likeness (QED) is 0.408. The van der Waals surface area contributed by atoms with E-state index in [1.807, 2.05) is 18.5 Å². The van der Waals surface area contributed by atoms with Gasteiger partial charge in [0.05, 0.1) is 12.3 Å². The number of piperidine rings is 1. The molecule has 0 radical (unpaired) electrons. The number of aromatic nitrogens is 3. The Balaban J connectivity index is 1.32. The molecule has 2 aromatic heterocycles. The lowest BCUT2D eigenvalue weighted by atomic mass is 10.0. The molecule has 0 bridgehead atoms. The summed E-state index contributed by atoms with van der Waals surface area (Å²) in [4.78, 5) is 7.46. The van der Waals surface area contributed by atoms with Crippen LogP contribution >= 0.6 is 0 Å². The Bertz CT molecular complexity index is 1340. The van der Waals surface area contributed by atoms with Gasteiger partial charge in [-0.3, -0.25) is 0 Å². The first-order valence-electron chi connectivity index (χ1n) is 11.5. The van der Waals surface area contributed by atoms with Crippen LogP contribution in [0.15, 0.2) is 72.0 Å². The van der Waals surface area contributed by atoms with Crippen LogP contribution in [0, 0.1) is 0 Å². The maximum atomic E-state index is 12.0. The molecule has 0 amide bonds. The third kappa shape index (κ3) is 4.95. The predicted molar refractivity (Wildman–Crippen MR) is 134 cm³/mol. The second-order valence-electron chi connectivity index (χ2n) is 9.02. The van der Waals surface area contributed by atoms with Gasteiger partial charge in [-0.05, 0) is 42.0 Å². The normalized spacial score (nSPS) is 17.1. The van der Waals surface area contributed by atoms with E-state index in [0.717, 1.165) is 61.2 Å². The largest absolute Gasteiger partial charge is 0.393 e. The molecule has 7 nitrogen and oxygen atoms in total. The minimum absolute atomic E-state index is 0.132. The average Bonchev–Trinajstić information content (AvgIpc) is 3.27. The number of benzene rings is 2. The molecule has 1 saturated heterocycles. The first kappa shape index (κ1) is 22.9. The number of likely N-dealkylation sites (tertiary alicyclic amines) is 1. The minimum atomic E-state index is -3.04. The summed E-state index contributed by atoms with van der Waals surface area (Å²) in [7, 11) is -3.04. The highest BCUT2D eigenvalue weighted by atomic mass is 32.3. The van der Waals surface area contributed by atoms with Gasteiger partial charge in [0.1, 0.15) is 6.26 Å². The summed E-state index contributed by atoms with van der Waals surface area (Å²) in [6, 6.07) is 15.6. The Hall–Kier alpha value is -2.91. The lowest BCUT2D eigenvalue weighted by Gasteiger charge is -2.29. The van der Waals surface area contributed by atoms with Gasteiger partial charge >= 0.3 is 0 Å². The minimum Gasteiger partial charge on any atom is -0.393 e. The maximum absolute atomic E-state index is 12.0. The molecule has 2 N–H and O–H groups in total. The number of aliphatic hydroxyl groups is 1. The van der Waals surface area contributed by atoms with Gasteiger partial charge < -0.3 is 10.0 Å². The number of hydrogen-bond donors (Lipinski definition) is 2. The summed E-state index contributed by atoms with van der Waals surface area (Å²) in [5.41, 5.74) is 5.66. The molecular formula is C26H29N4O3S+. The monoisotopic (exact) mass is 477 g/mol. The van der Waals surface area contributed by atoms with E-state index in [-0.39, 0.29) is 6.10 Å². The fourth-order valence-corrected chi connectivity index (χ4v) is 5.10. The fourth-order valence-electron chi connectivity index (χ4n) is 4.42. The standard InChI is InChI=1S/C26H28N4O3S/c1-34(32,33)24-4-2-3-21(15-24)25-17-28-30-18-22(16-27-26(25)30)20-7-5-19(6-8-20)9-12-29-13-10-23(31)11-14-29/h2-8,15-18,23,31H,9-14H2,1H3/p+1. The first-order valence-corrected chi connectivity index (χ1v) is 13.4. The molecule has 0 saturated carbocycles. The van der Waals surface area contributed by atoms with Crippen molar-refractivity contribution in [2.45, 2.75) is 30.3 Å². The van der Waals surface area contributed by atoms with Gasteiger partial charge in [-0.25, -0.2) is 9.50 Å². The van der Waals surface area contributed by atoms with E-state index < -0.39 is 10.2 Å². The Morgan fingerprint density at radius 1 is 1.03 bits per heavy atom. The Labute approximate surface area is 200 Å². The molecule has 1 unspecified atom stereocenters. The molecule has 8 heteroatoms. The van der Waals surface area contributed by atoms with E-state index in [4.69, 9.17) is 0 Å². The Kier molecular flexibility index (Phi) is 6.31. The molecule has 1 aliphatic heterocycles. The summed E-state index contributed by atoms with van der Waals surface area (Å²) < 4.78 is 23.7. The molecule has 1 fully saturated rings. The lowest BCUT2D eigenvalue weighted by molar-refractivity contribution is 0.0832. The van der Waals surface area contributed by atoms with Crippen LogP contribution in [0.3, 0.4) is 0 Å². The number of aliphatic hydroxyl groups excluding tert-OH is 1. The molecule has 5 rings (SSSR count). The van der Waals surface area contributed by atoms with Crippen molar-refractivity contribution in [3.63, 3.8) is 0 Å². The van der Waals surface area contributed by atoms with Crippen LogP contribution in [0.2, 0.25) is 0 Å². The predicted octanol–water partition coefficient (Wildman–Crippen LogP) is 4.02. The van der Waals surface area contributed by atoms with Crippen molar-refractivity contribution in [2.24, 2.45) is 0 Å². The Morgan fingerprint density at radius 3 is 2.53 bits per heavy atom. The van der Waals surface area contributed by atoms with Gasteiger partial charge in [0.25, 0.3) is 0 Å². The van der Waals surface area contributed by atoms with Crippen LogP contribution in [0.4, 0.5) is 0 Å². The van der Waals surface area contributed by atoms with E-state index in [0.29, 0.717) is 10.5 Å².